The highest BCUT2D eigenvalue weighted by Crippen LogP contribution is 2.37. The fourth-order valence-corrected chi connectivity index (χ4v) is 3.73. The molecule has 0 aliphatic carbocycles. The maximum Gasteiger partial charge on any atom is 0.405 e. The van der Waals surface area contributed by atoms with Gasteiger partial charge in [0, 0.05) is 36.6 Å². The zero-order valence-electron chi connectivity index (χ0n) is 17.2. The van der Waals surface area contributed by atoms with Crippen molar-refractivity contribution in [2.24, 2.45) is 0 Å². The van der Waals surface area contributed by atoms with Gasteiger partial charge in [0.1, 0.15) is 11.7 Å². The van der Waals surface area contributed by atoms with E-state index in [2.05, 4.69) is 15.3 Å². The number of carbonyl (C=O) groups excluding carboxylic acids is 1. The Labute approximate surface area is 169 Å². The van der Waals surface area contributed by atoms with E-state index in [-0.39, 0.29) is 18.0 Å². The van der Waals surface area contributed by atoms with Crippen molar-refractivity contribution in [1.82, 2.24) is 20.3 Å². The van der Waals surface area contributed by atoms with Crippen LogP contribution >= 0.6 is 0 Å². The summed E-state index contributed by atoms with van der Waals surface area (Å²) in [6.45, 7) is 7.79. The van der Waals surface area contributed by atoms with E-state index < -0.39 is 12.1 Å². The third kappa shape index (κ3) is 3.72. The van der Waals surface area contributed by atoms with Crippen molar-refractivity contribution in [3.63, 3.8) is 0 Å². The molecular formula is C20H26N6O3. The Balaban J connectivity index is 2.13. The van der Waals surface area contributed by atoms with Crippen molar-refractivity contribution in [3.8, 4) is 11.4 Å². The second kappa shape index (κ2) is 8.02. The molecule has 154 valence electrons. The SMILES string of the molecule is CCC1C(=O)N(C)c2cnc(-c3ccncc3C(C)NC(=O)O)nc2N1C(C)C. The number of nitrogens with one attached hydrogen (secondary N) is 1. The van der Waals surface area contributed by atoms with Gasteiger partial charge in [-0.15, -0.1) is 0 Å². The predicted octanol–water partition coefficient (Wildman–Crippen LogP) is 2.84. The van der Waals surface area contributed by atoms with E-state index in [9.17, 15) is 9.59 Å². The van der Waals surface area contributed by atoms with Crippen LogP contribution in [0.2, 0.25) is 0 Å². The number of anilines is 2. The summed E-state index contributed by atoms with van der Waals surface area (Å²) in [6.07, 6.45) is 4.44. The Morgan fingerprint density at radius 1 is 1.31 bits per heavy atom. The minimum Gasteiger partial charge on any atom is -0.465 e. The Morgan fingerprint density at radius 3 is 2.66 bits per heavy atom. The molecule has 9 heteroatoms. The van der Waals surface area contributed by atoms with Crippen molar-refractivity contribution >= 4 is 23.5 Å². The molecule has 1 aliphatic rings. The molecule has 0 saturated carbocycles. The van der Waals surface area contributed by atoms with Crippen LogP contribution in [0, 0.1) is 0 Å². The molecule has 3 rings (SSSR count). The molecule has 0 fully saturated rings. The second-order valence-electron chi connectivity index (χ2n) is 7.36. The summed E-state index contributed by atoms with van der Waals surface area (Å²) < 4.78 is 0. The predicted molar refractivity (Wildman–Crippen MR) is 110 cm³/mol. The van der Waals surface area contributed by atoms with E-state index in [0.717, 1.165) is 0 Å². The highest BCUT2D eigenvalue weighted by atomic mass is 16.4. The molecule has 9 nitrogen and oxygen atoms in total. The lowest BCUT2D eigenvalue weighted by atomic mass is 10.0. The standard InChI is InChI=1S/C20H26N6O3/c1-6-15-19(27)25(5)16-10-22-17(24-18(16)26(15)11(2)3)13-7-8-21-9-14(13)12(4)23-20(28)29/h7-12,15,23H,6H2,1-5H3,(H,28,29). The molecule has 1 aliphatic heterocycles. The van der Waals surface area contributed by atoms with E-state index in [1.54, 1.807) is 43.5 Å². The first-order valence-corrected chi connectivity index (χ1v) is 9.62. The fourth-order valence-electron chi connectivity index (χ4n) is 3.73. The Hall–Kier alpha value is -3.23. The third-order valence-electron chi connectivity index (χ3n) is 5.15. The largest absolute Gasteiger partial charge is 0.465 e. The molecule has 2 unspecified atom stereocenters. The fraction of sp³-hybridized carbons (Fsp3) is 0.450. The van der Waals surface area contributed by atoms with Gasteiger partial charge in [-0.3, -0.25) is 9.78 Å². The minimum absolute atomic E-state index is 0.0222. The Morgan fingerprint density at radius 2 is 2.03 bits per heavy atom. The van der Waals surface area contributed by atoms with Crippen molar-refractivity contribution < 1.29 is 14.7 Å². The van der Waals surface area contributed by atoms with Crippen molar-refractivity contribution in [1.29, 1.82) is 0 Å². The number of amides is 2. The average molecular weight is 398 g/mol. The number of pyridine rings is 1. The molecule has 0 bridgehead atoms. The first-order valence-electron chi connectivity index (χ1n) is 9.62. The van der Waals surface area contributed by atoms with Gasteiger partial charge in [0.25, 0.3) is 0 Å². The zero-order chi connectivity index (χ0) is 21.3. The summed E-state index contributed by atoms with van der Waals surface area (Å²) in [5.74, 6) is 1.18. The van der Waals surface area contributed by atoms with Gasteiger partial charge in [-0.25, -0.2) is 14.8 Å². The third-order valence-corrected chi connectivity index (χ3v) is 5.15. The first kappa shape index (κ1) is 20.5. The summed E-state index contributed by atoms with van der Waals surface area (Å²) in [7, 11) is 1.74. The van der Waals surface area contributed by atoms with Crippen LogP contribution in [0.15, 0.2) is 24.7 Å². The molecule has 2 amide bonds. The summed E-state index contributed by atoms with van der Waals surface area (Å²) >= 11 is 0. The molecule has 0 spiro atoms. The van der Waals surface area contributed by atoms with Gasteiger partial charge in [-0.05, 0) is 33.3 Å². The van der Waals surface area contributed by atoms with Gasteiger partial charge < -0.3 is 20.2 Å². The van der Waals surface area contributed by atoms with Gasteiger partial charge >= 0.3 is 6.09 Å². The molecular weight excluding hydrogens is 372 g/mol. The average Bonchev–Trinajstić information content (AvgIpc) is 2.69. The molecule has 29 heavy (non-hydrogen) atoms. The number of aromatic nitrogens is 3. The van der Waals surface area contributed by atoms with Crippen LogP contribution in [-0.2, 0) is 4.79 Å². The number of likely N-dealkylation sites (N-methyl/N-ethyl adjacent to an activating group) is 1. The molecule has 2 aromatic rings. The van der Waals surface area contributed by atoms with Crippen LogP contribution in [-0.4, -0.2) is 51.2 Å². The summed E-state index contributed by atoms with van der Waals surface area (Å²) in [5.41, 5.74) is 2.03. The smallest absolute Gasteiger partial charge is 0.405 e. The van der Waals surface area contributed by atoms with Crippen LogP contribution in [0.5, 0.6) is 0 Å². The summed E-state index contributed by atoms with van der Waals surface area (Å²) in [6, 6.07) is 1.07. The lowest BCUT2D eigenvalue weighted by molar-refractivity contribution is -0.120. The van der Waals surface area contributed by atoms with Gasteiger partial charge in [-0.2, -0.15) is 0 Å². The van der Waals surface area contributed by atoms with E-state index in [4.69, 9.17) is 10.1 Å². The van der Waals surface area contributed by atoms with E-state index in [0.29, 0.717) is 34.9 Å². The van der Waals surface area contributed by atoms with Crippen LogP contribution in [0.1, 0.15) is 45.7 Å². The minimum atomic E-state index is -1.12. The first-order chi connectivity index (χ1) is 13.8. The highest BCUT2D eigenvalue weighted by molar-refractivity contribution is 6.04. The van der Waals surface area contributed by atoms with Crippen LogP contribution in [0.25, 0.3) is 11.4 Å². The summed E-state index contributed by atoms with van der Waals surface area (Å²) in [5, 5.41) is 11.5. The molecule has 2 atom stereocenters. The van der Waals surface area contributed by atoms with E-state index >= 15 is 0 Å². The monoisotopic (exact) mass is 398 g/mol. The van der Waals surface area contributed by atoms with Crippen molar-refractivity contribution in [2.45, 2.75) is 52.2 Å². The highest BCUT2D eigenvalue weighted by Gasteiger charge is 2.38. The number of carbonyl (C=O) groups is 2. The normalized spacial score (nSPS) is 17.3. The van der Waals surface area contributed by atoms with Gasteiger partial charge in [0.2, 0.25) is 5.91 Å². The second-order valence-corrected chi connectivity index (χ2v) is 7.36. The topological polar surface area (TPSA) is 112 Å². The molecule has 0 radical (unpaired) electrons. The Kier molecular flexibility index (Phi) is 5.67. The maximum atomic E-state index is 12.8. The molecule has 3 heterocycles. The number of nitrogens with zero attached hydrogens (tertiary/aromatic N) is 5. The van der Waals surface area contributed by atoms with Gasteiger partial charge in [0.05, 0.1) is 12.2 Å². The number of hydrogen-bond acceptors (Lipinski definition) is 6. The lowest BCUT2D eigenvalue weighted by Crippen LogP contribution is -2.54. The maximum absolute atomic E-state index is 12.8. The number of rotatable bonds is 5. The lowest BCUT2D eigenvalue weighted by Gasteiger charge is -2.42. The zero-order valence-corrected chi connectivity index (χ0v) is 17.2. The molecule has 2 aromatic heterocycles. The van der Waals surface area contributed by atoms with E-state index in [1.807, 2.05) is 25.7 Å². The van der Waals surface area contributed by atoms with Gasteiger partial charge in [0.15, 0.2) is 11.6 Å². The number of carboxylic acid groups (broad SMARTS) is 1. The van der Waals surface area contributed by atoms with Gasteiger partial charge in [-0.1, -0.05) is 6.92 Å². The van der Waals surface area contributed by atoms with Crippen molar-refractivity contribution in [3.05, 3.63) is 30.2 Å². The molecule has 2 N–H and O–H groups in total. The van der Waals surface area contributed by atoms with Crippen LogP contribution in [0.4, 0.5) is 16.3 Å². The molecule has 0 saturated heterocycles. The van der Waals surface area contributed by atoms with Crippen LogP contribution < -0.4 is 15.1 Å². The summed E-state index contributed by atoms with van der Waals surface area (Å²) in [4.78, 5) is 40.9. The Bertz CT molecular complexity index is 932. The molecule has 0 aromatic carbocycles. The quantitative estimate of drug-likeness (QED) is 0.796. The number of fused-ring (bicyclic) bond motifs is 1. The number of hydrogen-bond donors (Lipinski definition) is 2. The van der Waals surface area contributed by atoms with Crippen LogP contribution in [0.3, 0.4) is 0 Å². The van der Waals surface area contributed by atoms with Crippen molar-refractivity contribution in [2.75, 3.05) is 16.8 Å². The van der Waals surface area contributed by atoms with E-state index in [1.165, 1.54) is 0 Å².